The summed E-state index contributed by atoms with van der Waals surface area (Å²) in [4.78, 5) is 0. The zero-order valence-corrected chi connectivity index (χ0v) is 10.3. The molecule has 4 heteroatoms. The maximum absolute atomic E-state index is 13.5. The van der Waals surface area contributed by atoms with Gasteiger partial charge in [-0.15, -0.1) is 0 Å². The summed E-state index contributed by atoms with van der Waals surface area (Å²) in [5.74, 6) is -0.147. The Labute approximate surface area is 98.0 Å². The van der Waals surface area contributed by atoms with Crippen LogP contribution in [0.25, 0.3) is 0 Å². The minimum Gasteiger partial charge on any atom is -0.330 e. The van der Waals surface area contributed by atoms with Gasteiger partial charge in [-0.05, 0) is 30.7 Å². The molecule has 0 aliphatic carbocycles. The minimum absolute atomic E-state index is 0.119. The van der Waals surface area contributed by atoms with Crippen molar-refractivity contribution in [3.63, 3.8) is 0 Å². The molecule has 0 aliphatic rings. The summed E-state index contributed by atoms with van der Waals surface area (Å²) in [5.41, 5.74) is 12.1. The van der Waals surface area contributed by atoms with Gasteiger partial charge in [-0.3, -0.25) is 0 Å². The van der Waals surface area contributed by atoms with Crippen LogP contribution < -0.4 is 11.5 Å². The Morgan fingerprint density at radius 1 is 1.47 bits per heavy atom. The van der Waals surface area contributed by atoms with Crippen LogP contribution in [0.15, 0.2) is 22.7 Å². The van der Waals surface area contributed by atoms with Gasteiger partial charge in [0.05, 0.1) is 0 Å². The van der Waals surface area contributed by atoms with Crippen molar-refractivity contribution in [1.29, 1.82) is 0 Å². The first-order valence-electron chi connectivity index (χ1n) is 5.00. The monoisotopic (exact) mass is 274 g/mol. The van der Waals surface area contributed by atoms with Crippen molar-refractivity contribution >= 4 is 15.9 Å². The molecule has 4 N–H and O–H groups in total. The summed E-state index contributed by atoms with van der Waals surface area (Å²) in [6.45, 7) is 2.48. The smallest absolute Gasteiger partial charge is 0.128 e. The molecule has 0 radical (unpaired) electrons. The Balaban J connectivity index is 2.98. The predicted octanol–water partition coefficient (Wildman–Crippen LogP) is 2.57. The largest absolute Gasteiger partial charge is 0.330 e. The van der Waals surface area contributed by atoms with Crippen LogP contribution in [0.5, 0.6) is 0 Å². The molecule has 0 amide bonds. The molecule has 0 aliphatic heterocycles. The molecule has 0 fully saturated rings. The molecule has 0 saturated heterocycles. The molecule has 0 aromatic heterocycles. The van der Waals surface area contributed by atoms with E-state index in [1.165, 1.54) is 6.07 Å². The van der Waals surface area contributed by atoms with Crippen LogP contribution in [0.3, 0.4) is 0 Å². The highest BCUT2D eigenvalue weighted by Crippen LogP contribution is 2.26. The second-order valence-corrected chi connectivity index (χ2v) is 4.51. The summed E-state index contributed by atoms with van der Waals surface area (Å²) in [7, 11) is 0. The van der Waals surface area contributed by atoms with Crippen LogP contribution in [0.4, 0.5) is 4.39 Å². The van der Waals surface area contributed by atoms with Crippen LogP contribution in [0.1, 0.15) is 24.9 Å². The fraction of sp³-hybridized carbons (Fsp3) is 0.455. The summed E-state index contributed by atoms with van der Waals surface area (Å²) in [5, 5.41) is 0. The predicted molar refractivity (Wildman–Crippen MR) is 63.9 cm³/mol. The van der Waals surface area contributed by atoms with E-state index in [2.05, 4.69) is 15.9 Å². The molecule has 1 rings (SSSR count). The van der Waals surface area contributed by atoms with Crippen LogP contribution >= 0.6 is 15.9 Å². The highest BCUT2D eigenvalue weighted by molar-refractivity contribution is 9.10. The number of benzene rings is 1. The number of halogens is 2. The van der Waals surface area contributed by atoms with Crippen molar-refractivity contribution in [2.45, 2.75) is 19.4 Å². The van der Waals surface area contributed by atoms with Crippen LogP contribution in [-0.4, -0.2) is 6.54 Å². The Morgan fingerprint density at radius 2 is 2.13 bits per heavy atom. The normalized spacial score (nSPS) is 15.0. The molecule has 2 atom stereocenters. The zero-order chi connectivity index (χ0) is 11.4. The molecular weight excluding hydrogens is 259 g/mol. The lowest BCUT2D eigenvalue weighted by Gasteiger charge is -2.21. The average molecular weight is 275 g/mol. The van der Waals surface area contributed by atoms with Crippen molar-refractivity contribution in [2.24, 2.45) is 17.4 Å². The Kier molecular flexibility index (Phi) is 4.70. The summed E-state index contributed by atoms with van der Waals surface area (Å²) >= 11 is 3.30. The highest BCUT2D eigenvalue weighted by Gasteiger charge is 2.19. The lowest BCUT2D eigenvalue weighted by Crippen LogP contribution is -2.28. The number of hydrogen-bond acceptors (Lipinski definition) is 2. The first-order valence-corrected chi connectivity index (χ1v) is 5.80. The maximum atomic E-state index is 13.5. The van der Waals surface area contributed by atoms with Gasteiger partial charge in [0.25, 0.3) is 0 Å². The quantitative estimate of drug-likeness (QED) is 0.887. The van der Waals surface area contributed by atoms with Gasteiger partial charge < -0.3 is 11.5 Å². The van der Waals surface area contributed by atoms with Gasteiger partial charge in [0, 0.05) is 16.1 Å². The zero-order valence-electron chi connectivity index (χ0n) is 8.71. The summed E-state index contributed by atoms with van der Waals surface area (Å²) in [6.07, 6.45) is 0.851. The van der Waals surface area contributed by atoms with E-state index in [4.69, 9.17) is 11.5 Å². The van der Waals surface area contributed by atoms with Crippen molar-refractivity contribution < 1.29 is 4.39 Å². The molecule has 0 saturated carbocycles. The third kappa shape index (κ3) is 3.00. The molecule has 0 heterocycles. The van der Waals surface area contributed by atoms with Gasteiger partial charge in [-0.25, -0.2) is 4.39 Å². The highest BCUT2D eigenvalue weighted by atomic mass is 79.9. The van der Waals surface area contributed by atoms with E-state index in [1.54, 1.807) is 12.1 Å². The van der Waals surface area contributed by atoms with Crippen LogP contribution in [0.2, 0.25) is 0 Å². The molecule has 1 aromatic carbocycles. The molecule has 15 heavy (non-hydrogen) atoms. The molecule has 84 valence electrons. The Bertz CT molecular complexity index is 326. The van der Waals surface area contributed by atoms with Gasteiger partial charge in [0.1, 0.15) is 5.82 Å². The third-order valence-corrected chi connectivity index (χ3v) is 3.15. The maximum Gasteiger partial charge on any atom is 0.128 e. The second-order valence-electron chi connectivity index (χ2n) is 3.60. The molecule has 0 spiro atoms. The summed E-state index contributed by atoms with van der Waals surface area (Å²) in [6, 6.07) is 4.47. The Morgan fingerprint density at radius 3 is 2.67 bits per heavy atom. The van der Waals surface area contributed by atoms with E-state index in [1.807, 2.05) is 6.92 Å². The van der Waals surface area contributed by atoms with E-state index < -0.39 is 0 Å². The minimum atomic E-state index is -0.336. The number of hydrogen-bond donors (Lipinski definition) is 2. The SMILES string of the molecule is CCC(CN)C(N)c1cc(Br)ccc1F. The average Bonchev–Trinajstić information content (AvgIpc) is 2.23. The third-order valence-electron chi connectivity index (χ3n) is 2.65. The standard InChI is InChI=1S/C11H16BrFN2/c1-2-7(6-14)11(15)9-5-8(12)3-4-10(9)13/h3-5,7,11H,2,6,14-15H2,1H3. The molecule has 2 nitrogen and oxygen atoms in total. The van der Waals surface area contributed by atoms with Crippen LogP contribution in [-0.2, 0) is 0 Å². The van der Waals surface area contributed by atoms with Gasteiger partial charge in [0.15, 0.2) is 0 Å². The molecule has 0 bridgehead atoms. The first-order chi connectivity index (χ1) is 7.10. The molecule has 2 unspecified atom stereocenters. The van der Waals surface area contributed by atoms with E-state index in [9.17, 15) is 4.39 Å². The molecule has 1 aromatic rings. The lowest BCUT2D eigenvalue weighted by atomic mass is 9.91. The fourth-order valence-electron chi connectivity index (χ4n) is 1.59. The van der Waals surface area contributed by atoms with Gasteiger partial charge in [-0.2, -0.15) is 0 Å². The van der Waals surface area contributed by atoms with Gasteiger partial charge in [-0.1, -0.05) is 29.3 Å². The van der Waals surface area contributed by atoms with Crippen molar-refractivity contribution in [3.8, 4) is 0 Å². The lowest BCUT2D eigenvalue weighted by molar-refractivity contribution is 0.414. The second kappa shape index (κ2) is 5.58. The van der Waals surface area contributed by atoms with Crippen LogP contribution in [0, 0.1) is 11.7 Å². The van der Waals surface area contributed by atoms with E-state index in [0.29, 0.717) is 12.1 Å². The topological polar surface area (TPSA) is 52.0 Å². The van der Waals surface area contributed by atoms with Crippen molar-refractivity contribution in [2.75, 3.05) is 6.54 Å². The Hall–Kier alpha value is -0.450. The van der Waals surface area contributed by atoms with E-state index in [0.717, 1.165) is 10.9 Å². The van der Waals surface area contributed by atoms with Gasteiger partial charge >= 0.3 is 0 Å². The van der Waals surface area contributed by atoms with Gasteiger partial charge in [0.2, 0.25) is 0 Å². The van der Waals surface area contributed by atoms with Crippen molar-refractivity contribution in [1.82, 2.24) is 0 Å². The first kappa shape index (κ1) is 12.6. The number of nitrogens with two attached hydrogens (primary N) is 2. The fourth-order valence-corrected chi connectivity index (χ4v) is 1.97. The van der Waals surface area contributed by atoms with E-state index >= 15 is 0 Å². The summed E-state index contributed by atoms with van der Waals surface area (Å²) < 4.78 is 14.3. The van der Waals surface area contributed by atoms with Crippen molar-refractivity contribution in [3.05, 3.63) is 34.1 Å². The number of rotatable bonds is 4. The van der Waals surface area contributed by atoms with E-state index in [-0.39, 0.29) is 17.8 Å². The molecular formula is C11H16BrFN2.